The third-order valence-electron chi connectivity index (χ3n) is 6.49. The van der Waals surface area contributed by atoms with Gasteiger partial charge in [0.15, 0.2) is 0 Å². The van der Waals surface area contributed by atoms with Gasteiger partial charge in [-0.2, -0.15) is 0 Å². The molecule has 1 aliphatic carbocycles. The molecule has 33 heavy (non-hydrogen) atoms. The van der Waals surface area contributed by atoms with E-state index in [1.807, 2.05) is 0 Å². The smallest absolute Gasteiger partial charge is 1.00 e. The van der Waals surface area contributed by atoms with Crippen LogP contribution >= 0.6 is 0 Å². The van der Waals surface area contributed by atoms with Gasteiger partial charge in [-0.15, -0.1) is 0 Å². The normalized spacial score (nSPS) is 14.5. The van der Waals surface area contributed by atoms with Crippen molar-refractivity contribution in [1.29, 1.82) is 0 Å². The fraction of sp³-hybridized carbons (Fsp3) is 0.103. The fourth-order valence-corrected chi connectivity index (χ4v) is 5.81. The Morgan fingerprint density at radius 2 is 0.909 bits per heavy atom. The monoisotopic (exact) mass is 524 g/mol. The summed E-state index contributed by atoms with van der Waals surface area (Å²) in [7, 11) is 0. The minimum atomic E-state index is -0.304. The van der Waals surface area contributed by atoms with Gasteiger partial charge in [-0.1, -0.05) is 0 Å². The van der Waals surface area contributed by atoms with Crippen LogP contribution in [0.15, 0.2) is 121 Å². The van der Waals surface area contributed by atoms with Gasteiger partial charge in [0.2, 0.25) is 0 Å². The first kappa shape index (κ1) is 27.4. The first-order chi connectivity index (χ1) is 14.7. The van der Waals surface area contributed by atoms with Crippen molar-refractivity contribution in [2.45, 2.75) is 18.3 Å². The van der Waals surface area contributed by atoms with Crippen molar-refractivity contribution >= 4 is 3.88 Å². The maximum atomic E-state index is 2.32. The predicted octanol–water partition coefficient (Wildman–Crippen LogP) is -1.89. The molecular formula is C29H23Cl3Ti. The molecule has 0 aliphatic heterocycles. The molecule has 0 heterocycles. The summed E-state index contributed by atoms with van der Waals surface area (Å²) >= 11 is 2.28. The van der Waals surface area contributed by atoms with E-state index >= 15 is 0 Å². The molecule has 164 valence electrons. The van der Waals surface area contributed by atoms with Crippen molar-refractivity contribution in [1.82, 2.24) is 0 Å². The van der Waals surface area contributed by atoms with Gasteiger partial charge in [-0.3, -0.25) is 0 Å². The molecule has 0 radical (unpaired) electrons. The Morgan fingerprint density at radius 3 is 1.33 bits per heavy atom. The summed E-state index contributed by atoms with van der Waals surface area (Å²) in [5, 5.41) is 0. The predicted molar refractivity (Wildman–Crippen MR) is 121 cm³/mol. The number of fused-ring (bicyclic) bond motifs is 1. The number of benzene rings is 4. The summed E-state index contributed by atoms with van der Waals surface area (Å²) in [4.78, 5) is 0. The van der Waals surface area contributed by atoms with Crippen LogP contribution in [-0.4, -0.2) is 0 Å². The van der Waals surface area contributed by atoms with Crippen molar-refractivity contribution in [3.05, 3.63) is 149 Å². The molecule has 0 saturated carbocycles. The molecule has 0 saturated heterocycles. The van der Waals surface area contributed by atoms with Crippen molar-refractivity contribution < 1.29 is 57.7 Å². The molecule has 0 spiro atoms. The topological polar surface area (TPSA) is 0 Å². The van der Waals surface area contributed by atoms with E-state index in [1.54, 1.807) is 0 Å². The maximum absolute atomic E-state index is 2.32. The van der Waals surface area contributed by atoms with Gasteiger partial charge >= 0.3 is 191 Å². The van der Waals surface area contributed by atoms with Gasteiger partial charge in [-0.05, 0) is 0 Å². The number of rotatable bonds is 4. The fourth-order valence-electron chi connectivity index (χ4n) is 5.23. The van der Waals surface area contributed by atoms with Crippen LogP contribution in [0, 0.1) is 0 Å². The van der Waals surface area contributed by atoms with Crippen LogP contribution in [0.5, 0.6) is 0 Å². The van der Waals surface area contributed by atoms with Crippen LogP contribution in [0.3, 0.4) is 0 Å². The standard InChI is InChI=1S/C29H23.3ClH.Ti/c1-22-21-23-13-11-12-20-27(23)28(22)29(24-14-5-2-6-15-24,25-16-7-3-8-17-25)26-18-9-4-10-19-26;;;;/h2-20,28H,1H3;3*1H;/q;;;;+3/p-3. The Morgan fingerprint density at radius 1 is 0.545 bits per heavy atom. The first-order valence-electron chi connectivity index (χ1n) is 10.4. The Labute approximate surface area is 227 Å². The van der Waals surface area contributed by atoms with E-state index < -0.39 is 0 Å². The van der Waals surface area contributed by atoms with Crippen LogP contribution in [0.4, 0.5) is 0 Å². The molecule has 4 aromatic rings. The summed E-state index contributed by atoms with van der Waals surface area (Å²) in [5.41, 5.74) is 7.94. The van der Waals surface area contributed by atoms with Crippen LogP contribution in [0.25, 0.3) is 3.88 Å². The van der Waals surface area contributed by atoms with E-state index in [0.29, 0.717) is 0 Å². The van der Waals surface area contributed by atoms with E-state index in [2.05, 4.69) is 143 Å². The zero-order chi connectivity index (χ0) is 20.6. The summed E-state index contributed by atoms with van der Waals surface area (Å²) in [6.45, 7) is 2.32. The third kappa shape index (κ3) is 4.48. The Kier molecular flexibility index (Phi) is 9.62. The number of halogens is 3. The SMILES string of the molecule is CC1=[C]([Ti+3])c2ccccc2C1C(c1ccccc1)(c1ccccc1)c1ccccc1.[Cl-].[Cl-].[Cl-]. The van der Waals surface area contributed by atoms with E-state index in [4.69, 9.17) is 0 Å². The molecule has 0 bridgehead atoms. The van der Waals surface area contributed by atoms with Crippen molar-refractivity contribution in [3.8, 4) is 0 Å². The third-order valence-corrected chi connectivity index (χ3v) is 7.53. The molecule has 0 aromatic heterocycles. The quantitative estimate of drug-likeness (QED) is 0.216. The average Bonchev–Trinajstić information content (AvgIpc) is 3.08. The number of hydrogen-bond donors (Lipinski definition) is 0. The van der Waals surface area contributed by atoms with E-state index in [1.165, 1.54) is 37.3 Å². The van der Waals surface area contributed by atoms with Gasteiger partial charge in [0, 0.05) is 0 Å². The summed E-state index contributed by atoms with van der Waals surface area (Å²) < 4.78 is 1.41. The first-order valence-corrected chi connectivity index (χ1v) is 11.2. The molecule has 0 amide bonds. The van der Waals surface area contributed by atoms with Crippen LogP contribution < -0.4 is 37.2 Å². The van der Waals surface area contributed by atoms with Crippen LogP contribution in [-0.2, 0) is 25.9 Å². The minimum absolute atomic E-state index is 0. The molecular weight excluding hydrogens is 503 g/mol. The second-order valence-corrected chi connectivity index (χ2v) is 8.77. The van der Waals surface area contributed by atoms with E-state index in [9.17, 15) is 0 Å². The summed E-state index contributed by atoms with van der Waals surface area (Å²) in [6, 6.07) is 42.1. The van der Waals surface area contributed by atoms with Gasteiger partial charge in [0.1, 0.15) is 0 Å². The zero-order valence-electron chi connectivity index (χ0n) is 18.2. The minimum Gasteiger partial charge on any atom is -1.00 e. The Hall–Kier alpha value is -1.80. The van der Waals surface area contributed by atoms with E-state index in [-0.39, 0.29) is 48.6 Å². The van der Waals surface area contributed by atoms with Gasteiger partial charge < -0.3 is 37.2 Å². The van der Waals surface area contributed by atoms with Crippen LogP contribution in [0.1, 0.15) is 40.7 Å². The Balaban J connectivity index is 0.00000128. The maximum Gasteiger partial charge on any atom is -1.00 e. The molecule has 5 rings (SSSR count). The second-order valence-electron chi connectivity index (χ2n) is 7.98. The van der Waals surface area contributed by atoms with E-state index in [0.717, 1.165) is 0 Å². The second kappa shape index (κ2) is 11.6. The number of hydrogen-bond acceptors (Lipinski definition) is 0. The molecule has 1 aliphatic rings. The van der Waals surface area contributed by atoms with Crippen molar-refractivity contribution in [2.75, 3.05) is 0 Å². The van der Waals surface area contributed by atoms with Crippen LogP contribution in [0.2, 0.25) is 0 Å². The van der Waals surface area contributed by atoms with Gasteiger partial charge in [-0.25, -0.2) is 0 Å². The molecule has 1 atom stereocenters. The number of allylic oxidation sites excluding steroid dienone is 1. The summed E-state index contributed by atoms with van der Waals surface area (Å²) in [6.07, 6.45) is 0. The van der Waals surface area contributed by atoms with Gasteiger partial charge in [0.05, 0.1) is 0 Å². The van der Waals surface area contributed by atoms with Crippen molar-refractivity contribution in [2.24, 2.45) is 0 Å². The molecule has 4 heteroatoms. The molecule has 0 nitrogen and oxygen atoms in total. The van der Waals surface area contributed by atoms with Gasteiger partial charge in [0.25, 0.3) is 0 Å². The molecule has 0 N–H and O–H groups in total. The zero-order valence-corrected chi connectivity index (χ0v) is 22.0. The Bertz CT molecular complexity index is 1110. The largest absolute Gasteiger partial charge is 1.00 e. The molecule has 4 aromatic carbocycles. The summed E-state index contributed by atoms with van der Waals surface area (Å²) in [5.74, 6) is 0.237. The average molecular weight is 526 g/mol. The van der Waals surface area contributed by atoms with Crippen molar-refractivity contribution in [3.63, 3.8) is 0 Å². The molecule has 0 fully saturated rings. The molecule has 1 unspecified atom stereocenters.